The summed E-state index contributed by atoms with van der Waals surface area (Å²) in [7, 11) is 0. The molecule has 1 aliphatic carbocycles. The number of pyridine rings is 1. The molecule has 0 bridgehead atoms. The Morgan fingerprint density at radius 1 is 1.24 bits per heavy atom. The topological polar surface area (TPSA) is 97.6 Å². The number of nitrogens with two attached hydrogens (primary N) is 1. The molecule has 0 spiro atoms. The molecule has 3 heterocycles. The second-order valence-electron chi connectivity index (χ2n) is 7.38. The summed E-state index contributed by atoms with van der Waals surface area (Å²) >= 11 is 0. The molecule has 0 saturated heterocycles. The highest BCUT2D eigenvalue weighted by atomic mass is 19.1. The highest BCUT2D eigenvalue weighted by Gasteiger charge is 2.26. The Bertz CT molecular complexity index is 1110. The first-order chi connectivity index (χ1) is 14.1. The van der Waals surface area contributed by atoms with Gasteiger partial charge in [0.05, 0.1) is 6.33 Å². The molecule has 148 valence electrons. The van der Waals surface area contributed by atoms with Crippen molar-refractivity contribution in [3.63, 3.8) is 0 Å². The maximum atomic E-state index is 13.4. The van der Waals surface area contributed by atoms with Gasteiger partial charge in [-0.15, -0.1) is 0 Å². The van der Waals surface area contributed by atoms with Crippen LogP contribution in [0.3, 0.4) is 0 Å². The first-order valence-electron chi connectivity index (χ1n) is 9.62. The van der Waals surface area contributed by atoms with Gasteiger partial charge >= 0.3 is 0 Å². The van der Waals surface area contributed by atoms with Crippen LogP contribution in [0.4, 0.5) is 4.39 Å². The molecule has 1 aliphatic rings. The second-order valence-corrected chi connectivity index (χ2v) is 7.38. The number of Topliss-reactive ketones (excluding diaryl/α,β-unsaturated/α-hetero) is 1. The van der Waals surface area contributed by atoms with Crippen LogP contribution < -0.4 is 5.73 Å². The summed E-state index contributed by atoms with van der Waals surface area (Å²) in [5.41, 5.74) is 8.95. The number of halogens is 1. The average Bonchev–Trinajstić information content (AvgIpc) is 3.49. The van der Waals surface area contributed by atoms with Crippen LogP contribution >= 0.6 is 0 Å². The normalized spacial score (nSPS) is 15.1. The van der Waals surface area contributed by atoms with Crippen LogP contribution in [-0.2, 0) is 0 Å². The molecule has 0 aliphatic heterocycles. The molecule has 3 aromatic heterocycles. The lowest BCUT2D eigenvalue weighted by Gasteiger charge is -2.05. The summed E-state index contributed by atoms with van der Waals surface area (Å²) in [4.78, 5) is 29.1. The first kappa shape index (κ1) is 19.0. The van der Waals surface area contributed by atoms with Gasteiger partial charge in [-0.05, 0) is 38.7 Å². The Labute approximate surface area is 167 Å². The van der Waals surface area contributed by atoms with E-state index >= 15 is 0 Å². The number of H-pyrrole nitrogens is 1. The number of nitrogens with zero attached hydrogens (tertiary/aromatic N) is 3. The van der Waals surface area contributed by atoms with Gasteiger partial charge in [0.25, 0.3) is 0 Å². The maximum Gasteiger partial charge on any atom is 0.193 e. The molecule has 29 heavy (non-hydrogen) atoms. The highest BCUT2D eigenvalue weighted by molar-refractivity contribution is 6.16. The van der Waals surface area contributed by atoms with Crippen LogP contribution in [0.1, 0.15) is 54.7 Å². The van der Waals surface area contributed by atoms with E-state index in [4.69, 9.17) is 5.73 Å². The third kappa shape index (κ3) is 4.08. The van der Waals surface area contributed by atoms with Gasteiger partial charge in [0.15, 0.2) is 5.78 Å². The van der Waals surface area contributed by atoms with E-state index < -0.39 is 0 Å². The molecule has 0 aromatic carbocycles. The molecular weight excluding hydrogens is 369 g/mol. The van der Waals surface area contributed by atoms with Crippen molar-refractivity contribution in [3.8, 4) is 11.1 Å². The summed E-state index contributed by atoms with van der Waals surface area (Å²) in [5.74, 6) is 1.00. The molecule has 6 nitrogen and oxygen atoms in total. The van der Waals surface area contributed by atoms with Crippen LogP contribution in [-0.4, -0.2) is 25.7 Å². The van der Waals surface area contributed by atoms with E-state index in [1.54, 1.807) is 37.8 Å². The number of aromatic amines is 1. The number of carbonyl (C=O) groups is 1. The highest BCUT2D eigenvalue weighted by Crippen LogP contribution is 2.38. The molecule has 0 amide bonds. The number of aromatic nitrogens is 4. The van der Waals surface area contributed by atoms with Gasteiger partial charge in [0, 0.05) is 64.1 Å². The van der Waals surface area contributed by atoms with E-state index in [0.717, 1.165) is 29.8 Å². The lowest BCUT2D eigenvalue weighted by molar-refractivity contribution is 0.103. The molecule has 1 fully saturated rings. The Kier molecular flexibility index (Phi) is 5.20. The van der Waals surface area contributed by atoms with Crippen molar-refractivity contribution in [2.24, 2.45) is 5.73 Å². The van der Waals surface area contributed by atoms with Crippen molar-refractivity contribution in [1.29, 1.82) is 0 Å². The molecule has 1 saturated carbocycles. The summed E-state index contributed by atoms with van der Waals surface area (Å²) in [6.07, 6.45) is 12.1. The van der Waals surface area contributed by atoms with Crippen LogP contribution in [0, 0.1) is 0 Å². The fourth-order valence-corrected chi connectivity index (χ4v) is 3.23. The number of allylic oxidation sites excluding steroid dienone is 3. The fraction of sp³-hybridized carbons (Fsp3) is 0.273. The summed E-state index contributed by atoms with van der Waals surface area (Å²) in [6.45, 7) is 1.76. The number of nitrogens with one attached hydrogen (secondary N) is 1. The minimum atomic E-state index is -0.360. The minimum absolute atomic E-state index is 0.103. The summed E-state index contributed by atoms with van der Waals surface area (Å²) in [6, 6.07) is 1.86. The number of hydrogen-bond acceptors (Lipinski definition) is 5. The first-order valence-corrected chi connectivity index (χ1v) is 9.62. The standard InChI is InChI=1S/C22H22FN5O/c1-13(24)3-2-4-15(8-23)20(29)19-12-28-22-18(19)7-16(9-27-22)17-10-25-21(26-11-17)14-5-6-14/h3,7-12,14H,2,4-6,24H2,1H3,(H,27,28)/b13-3+,15-8-. The Balaban J connectivity index is 1.62. The van der Waals surface area contributed by atoms with E-state index in [1.807, 2.05) is 6.07 Å². The van der Waals surface area contributed by atoms with Crippen molar-refractivity contribution < 1.29 is 9.18 Å². The number of rotatable bonds is 7. The molecule has 4 rings (SSSR count). The largest absolute Gasteiger partial charge is 0.403 e. The predicted molar refractivity (Wildman–Crippen MR) is 110 cm³/mol. The average molecular weight is 391 g/mol. The predicted octanol–water partition coefficient (Wildman–Crippen LogP) is 4.58. The van der Waals surface area contributed by atoms with Crippen LogP contribution in [0.2, 0.25) is 0 Å². The van der Waals surface area contributed by atoms with Gasteiger partial charge in [-0.2, -0.15) is 0 Å². The van der Waals surface area contributed by atoms with Crippen molar-refractivity contribution in [1.82, 2.24) is 19.9 Å². The molecule has 0 atom stereocenters. The fourth-order valence-electron chi connectivity index (χ4n) is 3.23. The van der Waals surface area contributed by atoms with E-state index in [-0.39, 0.29) is 17.8 Å². The van der Waals surface area contributed by atoms with Crippen molar-refractivity contribution in [2.45, 2.75) is 38.5 Å². The second kappa shape index (κ2) is 7.95. The van der Waals surface area contributed by atoms with Gasteiger partial charge in [-0.25, -0.2) is 19.3 Å². The molecule has 0 unspecified atom stereocenters. The quantitative estimate of drug-likeness (QED) is 0.454. The number of carbonyl (C=O) groups excluding carboxylic acids is 1. The zero-order valence-electron chi connectivity index (χ0n) is 16.2. The Morgan fingerprint density at radius 2 is 1.97 bits per heavy atom. The van der Waals surface area contributed by atoms with E-state index in [0.29, 0.717) is 41.0 Å². The van der Waals surface area contributed by atoms with Gasteiger partial charge in [-0.3, -0.25) is 4.79 Å². The van der Waals surface area contributed by atoms with Gasteiger partial charge in [0.1, 0.15) is 11.5 Å². The number of fused-ring (bicyclic) bond motifs is 1. The van der Waals surface area contributed by atoms with E-state index in [1.165, 1.54) is 0 Å². The van der Waals surface area contributed by atoms with Crippen LogP contribution in [0.25, 0.3) is 22.2 Å². The van der Waals surface area contributed by atoms with Crippen molar-refractivity contribution in [2.75, 3.05) is 0 Å². The third-order valence-electron chi connectivity index (χ3n) is 5.03. The lowest BCUT2D eigenvalue weighted by Crippen LogP contribution is -2.03. The van der Waals surface area contributed by atoms with Crippen molar-refractivity contribution >= 4 is 16.8 Å². The monoisotopic (exact) mass is 391 g/mol. The number of hydrogen-bond donors (Lipinski definition) is 2. The zero-order valence-corrected chi connectivity index (χ0v) is 16.2. The molecule has 3 N–H and O–H groups in total. The third-order valence-corrected chi connectivity index (χ3v) is 5.03. The Morgan fingerprint density at radius 3 is 2.62 bits per heavy atom. The van der Waals surface area contributed by atoms with Gasteiger partial charge < -0.3 is 10.7 Å². The molecular formula is C22H22FN5O. The zero-order chi connectivity index (χ0) is 20.4. The molecule has 7 heteroatoms. The summed E-state index contributed by atoms with van der Waals surface area (Å²) < 4.78 is 13.4. The number of ketones is 1. The van der Waals surface area contributed by atoms with E-state index in [2.05, 4.69) is 19.9 Å². The van der Waals surface area contributed by atoms with Crippen molar-refractivity contribution in [3.05, 3.63) is 65.9 Å². The molecule has 0 radical (unpaired) electrons. The smallest absolute Gasteiger partial charge is 0.193 e. The van der Waals surface area contributed by atoms with Gasteiger partial charge in [0.2, 0.25) is 0 Å². The maximum absolute atomic E-state index is 13.4. The SMILES string of the molecule is C/C(N)=C\CC/C(=C/F)C(=O)c1c[nH]c2ncc(-c3cnc(C4CC4)nc3)cc12. The van der Waals surface area contributed by atoms with Crippen LogP contribution in [0.15, 0.2) is 54.5 Å². The van der Waals surface area contributed by atoms with E-state index in [9.17, 15) is 9.18 Å². The summed E-state index contributed by atoms with van der Waals surface area (Å²) in [5, 5.41) is 0.642. The minimum Gasteiger partial charge on any atom is -0.403 e. The molecule has 3 aromatic rings. The van der Waals surface area contributed by atoms with Gasteiger partial charge in [-0.1, -0.05) is 6.08 Å². The lowest BCUT2D eigenvalue weighted by atomic mass is 9.99. The van der Waals surface area contributed by atoms with Crippen LogP contribution in [0.5, 0.6) is 0 Å². The Hall–Kier alpha value is -3.35.